The third kappa shape index (κ3) is 4.05. The van der Waals surface area contributed by atoms with Crippen molar-refractivity contribution in [1.82, 2.24) is 9.88 Å². The number of ether oxygens (including phenoxy) is 1. The van der Waals surface area contributed by atoms with E-state index in [1.165, 1.54) is 31.4 Å². The van der Waals surface area contributed by atoms with Crippen LogP contribution in [-0.4, -0.2) is 33.7 Å². The van der Waals surface area contributed by atoms with Crippen molar-refractivity contribution in [3.05, 3.63) is 53.9 Å². The molecule has 6 nitrogen and oxygen atoms in total. The van der Waals surface area contributed by atoms with Crippen LogP contribution < -0.4 is 9.64 Å². The highest BCUT2D eigenvalue weighted by atomic mass is 19.4. The van der Waals surface area contributed by atoms with Crippen molar-refractivity contribution in [3.63, 3.8) is 0 Å². The molecule has 174 valence electrons. The molecule has 2 saturated carbocycles. The molecule has 3 aliphatic rings. The van der Waals surface area contributed by atoms with Crippen LogP contribution in [0.4, 0.5) is 23.7 Å². The minimum atomic E-state index is -4.81. The molecule has 1 aliphatic heterocycles. The van der Waals surface area contributed by atoms with E-state index in [2.05, 4.69) is 9.72 Å². The summed E-state index contributed by atoms with van der Waals surface area (Å²) in [5, 5.41) is 0. The molecule has 0 unspecified atom stereocenters. The van der Waals surface area contributed by atoms with Crippen LogP contribution in [0.3, 0.4) is 0 Å². The topological polar surface area (TPSA) is 62.7 Å². The summed E-state index contributed by atoms with van der Waals surface area (Å²) in [4.78, 5) is 33.6. The van der Waals surface area contributed by atoms with Crippen molar-refractivity contribution >= 4 is 17.6 Å². The lowest BCUT2D eigenvalue weighted by Gasteiger charge is -2.27. The Balaban J connectivity index is 1.40. The van der Waals surface area contributed by atoms with Crippen molar-refractivity contribution in [2.45, 2.75) is 69.3 Å². The van der Waals surface area contributed by atoms with E-state index in [9.17, 15) is 22.8 Å². The number of anilines is 1. The maximum atomic E-state index is 13.4. The Bertz CT molecular complexity index is 1060. The lowest BCUT2D eigenvalue weighted by molar-refractivity contribution is -0.274. The molecule has 1 aromatic heterocycles. The second-order valence-electron chi connectivity index (χ2n) is 8.99. The summed E-state index contributed by atoms with van der Waals surface area (Å²) in [6.07, 6.45) is 5.69. The van der Waals surface area contributed by atoms with Gasteiger partial charge in [-0.05, 0) is 73.1 Å². The first-order valence-electron chi connectivity index (χ1n) is 11.2. The van der Waals surface area contributed by atoms with E-state index < -0.39 is 23.7 Å². The van der Waals surface area contributed by atoms with Crippen LogP contribution in [-0.2, 0) is 11.3 Å². The van der Waals surface area contributed by atoms with Gasteiger partial charge in [0.1, 0.15) is 11.3 Å². The number of hydrogen-bond acceptors (Lipinski definition) is 4. The minimum Gasteiger partial charge on any atom is -0.406 e. The Morgan fingerprint density at radius 3 is 2.36 bits per heavy atom. The Labute approximate surface area is 189 Å². The van der Waals surface area contributed by atoms with Gasteiger partial charge in [0, 0.05) is 18.9 Å². The fraction of sp³-hybridized carbons (Fsp3) is 0.458. The third-order valence-corrected chi connectivity index (χ3v) is 6.91. The number of imide groups is 1. The zero-order valence-electron chi connectivity index (χ0n) is 18.0. The maximum absolute atomic E-state index is 13.4. The monoisotopic (exact) mass is 459 g/mol. The van der Waals surface area contributed by atoms with E-state index in [1.54, 1.807) is 11.1 Å². The summed E-state index contributed by atoms with van der Waals surface area (Å²) in [7, 11) is 0. The molecule has 1 saturated heterocycles. The molecule has 9 heteroatoms. The second kappa shape index (κ2) is 8.04. The molecule has 5 rings (SSSR count). The number of halogens is 3. The lowest BCUT2D eigenvalue weighted by Crippen LogP contribution is -2.37. The van der Waals surface area contributed by atoms with E-state index >= 15 is 0 Å². The molecule has 1 spiro atoms. The van der Waals surface area contributed by atoms with Crippen molar-refractivity contribution in [2.75, 3.05) is 4.90 Å². The standard InChI is InChI=1S/C24H24F3N3O3/c25-24(26,27)33-19-8-6-18(7-9-19)30-21(31)23(11-12-23)29(22(30)32)15-17-10-13-28-14-20(17)16-4-2-1-3-5-16/h6-10,13-14,16H,1-5,11-12,15H2. The summed E-state index contributed by atoms with van der Waals surface area (Å²) in [6.45, 7) is 0.310. The third-order valence-electron chi connectivity index (χ3n) is 6.91. The van der Waals surface area contributed by atoms with Crippen molar-refractivity contribution in [2.24, 2.45) is 0 Å². The largest absolute Gasteiger partial charge is 0.573 e. The summed E-state index contributed by atoms with van der Waals surface area (Å²) < 4.78 is 41.2. The molecular weight excluding hydrogens is 435 g/mol. The number of urea groups is 1. The summed E-state index contributed by atoms with van der Waals surface area (Å²) >= 11 is 0. The van der Waals surface area contributed by atoms with E-state index in [-0.39, 0.29) is 11.6 Å². The number of aromatic nitrogens is 1. The first-order valence-corrected chi connectivity index (χ1v) is 11.2. The number of amides is 3. The van der Waals surface area contributed by atoms with E-state index in [0.717, 1.165) is 41.0 Å². The maximum Gasteiger partial charge on any atom is 0.573 e. The van der Waals surface area contributed by atoms with Crippen LogP contribution in [0.25, 0.3) is 0 Å². The molecule has 2 aliphatic carbocycles. The number of pyridine rings is 1. The summed E-state index contributed by atoms with van der Waals surface area (Å²) in [6, 6.07) is 6.29. The zero-order valence-corrected chi connectivity index (χ0v) is 18.0. The van der Waals surface area contributed by atoms with E-state index in [0.29, 0.717) is 25.3 Å². The lowest BCUT2D eigenvalue weighted by atomic mass is 9.83. The molecule has 2 heterocycles. The van der Waals surface area contributed by atoms with Crippen LogP contribution in [0.5, 0.6) is 5.75 Å². The van der Waals surface area contributed by atoms with Gasteiger partial charge in [0.2, 0.25) is 0 Å². The fourth-order valence-electron chi connectivity index (χ4n) is 5.09. The SMILES string of the molecule is O=C1N(c2ccc(OC(F)(F)F)cc2)C(=O)C2(CC2)N1Cc1ccncc1C1CCCCC1. The van der Waals surface area contributed by atoms with Crippen LogP contribution in [0, 0.1) is 0 Å². The number of nitrogens with zero attached hydrogens (tertiary/aromatic N) is 3. The predicted octanol–water partition coefficient (Wildman–Crippen LogP) is 5.53. The minimum absolute atomic E-state index is 0.232. The highest BCUT2D eigenvalue weighted by molar-refractivity contribution is 6.24. The Morgan fingerprint density at radius 2 is 1.73 bits per heavy atom. The van der Waals surface area contributed by atoms with Crippen molar-refractivity contribution in [3.8, 4) is 5.75 Å². The van der Waals surface area contributed by atoms with Crippen molar-refractivity contribution < 1.29 is 27.5 Å². The number of carbonyl (C=O) groups is 2. The molecule has 2 aromatic rings. The van der Waals surface area contributed by atoms with Gasteiger partial charge in [-0.2, -0.15) is 0 Å². The molecule has 3 amide bonds. The highest BCUT2D eigenvalue weighted by Gasteiger charge is 2.65. The van der Waals surface area contributed by atoms with Gasteiger partial charge in [-0.25, -0.2) is 9.69 Å². The quantitative estimate of drug-likeness (QED) is 0.552. The van der Waals surface area contributed by atoms with Gasteiger partial charge in [0.05, 0.1) is 5.69 Å². The molecule has 1 aromatic carbocycles. The van der Waals surface area contributed by atoms with Gasteiger partial charge in [-0.15, -0.1) is 13.2 Å². The van der Waals surface area contributed by atoms with Crippen LogP contribution in [0.15, 0.2) is 42.7 Å². The number of rotatable bonds is 5. The Morgan fingerprint density at radius 1 is 1.03 bits per heavy atom. The molecular formula is C24H24F3N3O3. The zero-order chi connectivity index (χ0) is 23.2. The van der Waals surface area contributed by atoms with Gasteiger partial charge < -0.3 is 9.64 Å². The van der Waals surface area contributed by atoms with Gasteiger partial charge in [-0.3, -0.25) is 9.78 Å². The molecule has 0 radical (unpaired) electrons. The average Bonchev–Trinajstić information content (AvgIpc) is 3.57. The Hall–Kier alpha value is -3.10. The highest BCUT2D eigenvalue weighted by Crippen LogP contribution is 2.50. The smallest absolute Gasteiger partial charge is 0.406 e. The van der Waals surface area contributed by atoms with Gasteiger partial charge in [0.25, 0.3) is 5.91 Å². The molecule has 0 bridgehead atoms. The predicted molar refractivity (Wildman–Crippen MR) is 114 cm³/mol. The fourth-order valence-corrected chi connectivity index (χ4v) is 5.09. The number of hydrogen-bond donors (Lipinski definition) is 0. The summed E-state index contributed by atoms with van der Waals surface area (Å²) in [5.41, 5.74) is 1.50. The van der Waals surface area contributed by atoms with Gasteiger partial charge >= 0.3 is 12.4 Å². The van der Waals surface area contributed by atoms with Crippen molar-refractivity contribution in [1.29, 1.82) is 0 Å². The van der Waals surface area contributed by atoms with E-state index in [4.69, 9.17) is 0 Å². The molecule has 0 N–H and O–H groups in total. The molecule has 33 heavy (non-hydrogen) atoms. The first-order chi connectivity index (χ1) is 15.8. The summed E-state index contributed by atoms with van der Waals surface area (Å²) in [5.74, 6) is -0.328. The number of alkyl halides is 3. The molecule has 0 atom stereocenters. The van der Waals surface area contributed by atoms with Gasteiger partial charge in [-0.1, -0.05) is 19.3 Å². The van der Waals surface area contributed by atoms with E-state index in [1.807, 2.05) is 12.3 Å². The van der Waals surface area contributed by atoms with Gasteiger partial charge in [0.15, 0.2) is 0 Å². The van der Waals surface area contributed by atoms with Crippen LogP contribution in [0.2, 0.25) is 0 Å². The number of carbonyl (C=O) groups excluding carboxylic acids is 2. The molecule has 3 fully saturated rings. The normalized spacial score (nSPS) is 20.6. The average molecular weight is 459 g/mol. The second-order valence-corrected chi connectivity index (χ2v) is 8.99. The first kappa shape index (κ1) is 21.7. The van der Waals surface area contributed by atoms with Crippen LogP contribution >= 0.6 is 0 Å². The Kier molecular flexibility index (Phi) is 5.29. The number of benzene rings is 1. The van der Waals surface area contributed by atoms with Crippen LogP contribution in [0.1, 0.15) is 62.0 Å².